The van der Waals surface area contributed by atoms with E-state index in [1.54, 1.807) is 66.8 Å². The standard InChI is InChI=1S/C24H22Cl2N8O3/c1-15-19(6-7-23(28-15)37-3)34-14-31(12-27-34)13-32-10-21(36-2)18(9-24(32)35)17-8-16(25)4-5-20(17)33-11-22(26)29-30-33/h4-12H,13-14H2,1-3H3. The number of anilines is 1. The largest absolute Gasteiger partial charge is 0.495 e. The molecule has 11 nitrogen and oxygen atoms in total. The fourth-order valence-electron chi connectivity index (χ4n) is 4.03. The van der Waals surface area contributed by atoms with Crippen LogP contribution in [-0.4, -0.2) is 56.7 Å². The van der Waals surface area contributed by atoms with Gasteiger partial charge in [-0.25, -0.2) is 14.7 Å². The van der Waals surface area contributed by atoms with Gasteiger partial charge in [0.1, 0.15) is 25.4 Å². The van der Waals surface area contributed by atoms with Gasteiger partial charge in [0.05, 0.1) is 43.7 Å². The number of pyridine rings is 2. The van der Waals surface area contributed by atoms with Crippen molar-refractivity contribution in [2.24, 2.45) is 5.10 Å². The lowest BCUT2D eigenvalue weighted by Crippen LogP contribution is -2.33. The molecule has 1 aliphatic heterocycles. The summed E-state index contributed by atoms with van der Waals surface area (Å²) in [7, 11) is 3.12. The zero-order valence-electron chi connectivity index (χ0n) is 20.2. The molecule has 5 rings (SSSR count). The molecule has 4 heterocycles. The molecule has 37 heavy (non-hydrogen) atoms. The Kier molecular flexibility index (Phi) is 6.72. The van der Waals surface area contributed by atoms with Gasteiger partial charge < -0.3 is 14.4 Å². The molecule has 0 spiro atoms. The van der Waals surface area contributed by atoms with Crippen molar-refractivity contribution in [3.8, 4) is 28.4 Å². The lowest BCUT2D eigenvalue weighted by molar-refractivity contribution is 0.354. The molecule has 0 fully saturated rings. The SMILES string of the molecule is COc1ccc(N2CN(Cn3cc(OC)c(-c4cc(Cl)ccc4-n4cc(Cl)nn4)cc3=O)C=N2)c(C)n1. The Balaban J connectivity index is 1.43. The number of aromatic nitrogens is 5. The Hall–Kier alpha value is -4.09. The van der Waals surface area contributed by atoms with Gasteiger partial charge in [0, 0.05) is 28.3 Å². The van der Waals surface area contributed by atoms with E-state index in [-0.39, 0.29) is 17.4 Å². The van der Waals surface area contributed by atoms with Gasteiger partial charge in [-0.1, -0.05) is 28.4 Å². The van der Waals surface area contributed by atoms with Crippen LogP contribution in [-0.2, 0) is 6.67 Å². The number of nitrogens with zero attached hydrogens (tertiary/aromatic N) is 8. The zero-order valence-corrected chi connectivity index (χ0v) is 21.7. The van der Waals surface area contributed by atoms with Crippen LogP contribution in [0.2, 0.25) is 10.2 Å². The number of hydrogen-bond acceptors (Lipinski definition) is 9. The predicted octanol–water partition coefficient (Wildman–Crippen LogP) is 3.80. The summed E-state index contributed by atoms with van der Waals surface area (Å²) >= 11 is 12.3. The average molecular weight is 541 g/mol. The third-order valence-corrected chi connectivity index (χ3v) is 6.20. The molecule has 1 aliphatic rings. The van der Waals surface area contributed by atoms with Gasteiger partial charge >= 0.3 is 0 Å². The Morgan fingerprint density at radius 2 is 1.81 bits per heavy atom. The molecular weight excluding hydrogens is 519 g/mol. The average Bonchev–Trinajstić information content (AvgIpc) is 3.53. The van der Waals surface area contributed by atoms with Crippen LogP contribution in [0.4, 0.5) is 5.69 Å². The fraction of sp³-hybridized carbons (Fsp3) is 0.208. The molecule has 1 aromatic carbocycles. The number of aryl methyl sites for hydroxylation is 1. The van der Waals surface area contributed by atoms with Gasteiger partial charge in [0.25, 0.3) is 5.56 Å². The molecule has 4 aromatic rings. The molecule has 0 aliphatic carbocycles. The number of ether oxygens (including phenoxy) is 2. The Bertz CT molecular complexity index is 1550. The first kappa shape index (κ1) is 24.6. The van der Waals surface area contributed by atoms with E-state index in [2.05, 4.69) is 20.4 Å². The van der Waals surface area contributed by atoms with E-state index in [4.69, 9.17) is 32.7 Å². The lowest BCUT2D eigenvalue weighted by atomic mass is 10.0. The third kappa shape index (κ3) is 4.95. The second-order valence-corrected chi connectivity index (χ2v) is 8.99. The normalized spacial score (nSPS) is 12.9. The van der Waals surface area contributed by atoms with Crippen molar-refractivity contribution in [1.82, 2.24) is 29.4 Å². The summed E-state index contributed by atoms with van der Waals surface area (Å²) in [6.45, 7) is 2.59. The van der Waals surface area contributed by atoms with Crippen molar-refractivity contribution >= 4 is 35.2 Å². The van der Waals surface area contributed by atoms with Gasteiger partial charge in [-0.05, 0) is 31.2 Å². The van der Waals surface area contributed by atoms with Crippen LogP contribution in [0.1, 0.15) is 5.69 Å². The quantitative estimate of drug-likeness (QED) is 0.348. The lowest BCUT2D eigenvalue weighted by Gasteiger charge is -2.21. The van der Waals surface area contributed by atoms with Gasteiger partial charge in [-0.15, -0.1) is 5.10 Å². The number of methoxy groups -OCH3 is 2. The minimum Gasteiger partial charge on any atom is -0.495 e. The summed E-state index contributed by atoms with van der Waals surface area (Å²) in [6, 6.07) is 10.4. The highest BCUT2D eigenvalue weighted by Crippen LogP contribution is 2.35. The van der Waals surface area contributed by atoms with Crippen LogP contribution < -0.4 is 20.0 Å². The monoisotopic (exact) mass is 540 g/mol. The Labute approximate surface area is 222 Å². The molecule has 0 atom stereocenters. The first-order chi connectivity index (χ1) is 17.9. The van der Waals surface area contributed by atoms with E-state index >= 15 is 0 Å². The minimum atomic E-state index is -0.229. The van der Waals surface area contributed by atoms with Crippen LogP contribution in [0.15, 0.2) is 58.7 Å². The first-order valence-corrected chi connectivity index (χ1v) is 11.9. The molecule has 0 radical (unpaired) electrons. The summed E-state index contributed by atoms with van der Waals surface area (Å²) in [6.07, 6.45) is 4.91. The highest BCUT2D eigenvalue weighted by molar-refractivity contribution is 6.31. The summed E-state index contributed by atoms with van der Waals surface area (Å²) in [5, 5.41) is 14.9. The van der Waals surface area contributed by atoms with Gasteiger partial charge in [0.15, 0.2) is 5.15 Å². The van der Waals surface area contributed by atoms with Crippen molar-refractivity contribution in [2.45, 2.75) is 13.6 Å². The van der Waals surface area contributed by atoms with Crippen LogP contribution in [0.25, 0.3) is 16.8 Å². The van der Waals surface area contributed by atoms with Crippen molar-refractivity contribution in [3.05, 3.63) is 75.0 Å². The topological polar surface area (TPSA) is 103 Å². The van der Waals surface area contributed by atoms with Crippen molar-refractivity contribution < 1.29 is 9.47 Å². The summed E-state index contributed by atoms with van der Waals surface area (Å²) in [4.78, 5) is 19.5. The number of hydrazone groups is 1. The fourth-order valence-corrected chi connectivity index (χ4v) is 4.33. The smallest absolute Gasteiger partial charge is 0.252 e. The summed E-state index contributed by atoms with van der Waals surface area (Å²) in [5.74, 6) is 1.02. The molecule has 190 valence electrons. The molecular formula is C24H22Cl2N8O3. The highest BCUT2D eigenvalue weighted by Gasteiger charge is 2.21. The molecule has 0 saturated carbocycles. The highest BCUT2D eigenvalue weighted by atomic mass is 35.5. The molecule has 0 N–H and O–H groups in total. The molecule has 0 bridgehead atoms. The van der Waals surface area contributed by atoms with E-state index in [0.717, 1.165) is 11.4 Å². The number of hydrogen-bond donors (Lipinski definition) is 0. The van der Waals surface area contributed by atoms with E-state index < -0.39 is 0 Å². The second-order valence-electron chi connectivity index (χ2n) is 8.17. The summed E-state index contributed by atoms with van der Waals surface area (Å²) in [5.41, 5.74) is 3.25. The van der Waals surface area contributed by atoms with E-state index in [9.17, 15) is 4.79 Å². The maximum Gasteiger partial charge on any atom is 0.252 e. The van der Waals surface area contributed by atoms with E-state index in [0.29, 0.717) is 40.1 Å². The minimum absolute atomic E-state index is 0.229. The summed E-state index contributed by atoms with van der Waals surface area (Å²) < 4.78 is 13.9. The van der Waals surface area contributed by atoms with Crippen LogP contribution >= 0.6 is 23.2 Å². The third-order valence-electron chi connectivity index (χ3n) is 5.79. The predicted molar refractivity (Wildman–Crippen MR) is 141 cm³/mol. The molecule has 0 amide bonds. The molecule has 0 saturated heterocycles. The zero-order chi connectivity index (χ0) is 26.1. The molecule has 0 unspecified atom stereocenters. The maximum absolute atomic E-state index is 13.2. The second kappa shape index (κ2) is 10.1. The number of halogens is 2. The Morgan fingerprint density at radius 1 is 1.00 bits per heavy atom. The number of rotatable bonds is 7. The van der Waals surface area contributed by atoms with Gasteiger partial charge in [0.2, 0.25) is 5.88 Å². The van der Waals surface area contributed by atoms with Crippen LogP contribution in [0, 0.1) is 6.92 Å². The molecule has 13 heteroatoms. The molecule has 3 aromatic heterocycles. The van der Waals surface area contributed by atoms with E-state index in [1.807, 2.05) is 17.9 Å². The maximum atomic E-state index is 13.2. The van der Waals surface area contributed by atoms with Crippen LogP contribution in [0.5, 0.6) is 11.6 Å². The Morgan fingerprint density at radius 3 is 2.51 bits per heavy atom. The van der Waals surface area contributed by atoms with Gasteiger partial charge in [-0.3, -0.25) is 9.36 Å². The van der Waals surface area contributed by atoms with Crippen molar-refractivity contribution in [2.75, 3.05) is 25.9 Å². The van der Waals surface area contributed by atoms with Crippen molar-refractivity contribution in [3.63, 3.8) is 0 Å². The van der Waals surface area contributed by atoms with Gasteiger partial charge in [-0.2, -0.15) is 5.10 Å². The van der Waals surface area contributed by atoms with Crippen LogP contribution in [0.3, 0.4) is 0 Å². The van der Waals surface area contributed by atoms with E-state index in [1.165, 1.54) is 10.7 Å². The first-order valence-electron chi connectivity index (χ1n) is 11.1. The number of benzene rings is 1. The van der Waals surface area contributed by atoms with Crippen molar-refractivity contribution in [1.29, 1.82) is 0 Å².